The summed E-state index contributed by atoms with van der Waals surface area (Å²) in [7, 11) is 0. The number of amides is 2. The molecule has 2 aromatic rings. The van der Waals surface area contributed by atoms with Gasteiger partial charge >= 0.3 is 0 Å². The van der Waals surface area contributed by atoms with Crippen molar-refractivity contribution in [3.05, 3.63) is 59.2 Å². The predicted octanol–water partition coefficient (Wildman–Crippen LogP) is 2.40. The third kappa shape index (κ3) is 2.89. The number of hydrogen-bond acceptors (Lipinski definition) is 4. The van der Waals surface area contributed by atoms with Gasteiger partial charge in [-0.15, -0.1) is 0 Å². The quantitative estimate of drug-likeness (QED) is 0.830. The third-order valence-electron chi connectivity index (χ3n) is 5.90. The summed E-state index contributed by atoms with van der Waals surface area (Å²) >= 11 is 0. The normalized spacial score (nSPS) is 18.4. The Morgan fingerprint density at radius 3 is 2.64 bits per heavy atom. The van der Waals surface area contributed by atoms with Crippen LogP contribution in [0.3, 0.4) is 0 Å². The number of carbonyl (C=O) groups is 2. The fourth-order valence-corrected chi connectivity index (χ4v) is 4.04. The average Bonchev–Trinajstić information content (AvgIpc) is 3.42. The number of carbonyl (C=O) groups excluding carboxylic acids is 2. The van der Waals surface area contributed by atoms with Crippen molar-refractivity contribution in [1.29, 1.82) is 0 Å². The van der Waals surface area contributed by atoms with Crippen LogP contribution in [0.15, 0.2) is 42.5 Å². The second-order valence-electron chi connectivity index (χ2n) is 7.70. The molecule has 0 unspecified atom stereocenters. The van der Waals surface area contributed by atoms with E-state index in [0.29, 0.717) is 44.0 Å². The van der Waals surface area contributed by atoms with Crippen LogP contribution in [0.1, 0.15) is 29.5 Å². The van der Waals surface area contributed by atoms with E-state index in [4.69, 9.17) is 9.47 Å². The SMILES string of the molecule is O=C(NCc1ccc2c(c1)OCO2)C1(C(=O)N2CCc3ccccc3C2)CC1. The summed E-state index contributed by atoms with van der Waals surface area (Å²) in [5.74, 6) is 1.20. The molecule has 0 aromatic heterocycles. The van der Waals surface area contributed by atoms with Crippen LogP contribution in [-0.2, 0) is 29.1 Å². The number of fused-ring (bicyclic) bond motifs is 2. The lowest BCUT2D eigenvalue weighted by Crippen LogP contribution is -2.46. The van der Waals surface area contributed by atoms with E-state index in [0.717, 1.165) is 12.0 Å². The van der Waals surface area contributed by atoms with Gasteiger partial charge in [-0.3, -0.25) is 9.59 Å². The van der Waals surface area contributed by atoms with E-state index < -0.39 is 5.41 Å². The van der Waals surface area contributed by atoms with Crippen molar-refractivity contribution in [2.75, 3.05) is 13.3 Å². The average molecular weight is 378 g/mol. The van der Waals surface area contributed by atoms with Crippen molar-refractivity contribution < 1.29 is 19.1 Å². The zero-order valence-electron chi connectivity index (χ0n) is 15.6. The summed E-state index contributed by atoms with van der Waals surface area (Å²) in [5, 5.41) is 2.95. The highest BCUT2D eigenvalue weighted by Crippen LogP contribution is 2.48. The zero-order valence-corrected chi connectivity index (χ0v) is 15.6. The standard InChI is InChI=1S/C22H22N2O4/c25-20(23-12-15-5-6-18-19(11-15)28-14-27-18)22(8-9-22)21(26)24-10-7-16-3-1-2-4-17(16)13-24/h1-6,11H,7-10,12-14H2,(H,23,25). The van der Waals surface area contributed by atoms with Crippen molar-refractivity contribution in [2.45, 2.75) is 32.4 Å². The Balaban J connectivity index is 1.24. The Morgan fingerprint density at radius 1 is 1.04 bits per heavy atom. The van der Waals surface area contributed by atoms with E-state index in [1.54, 1.807) is 0 Å². The molecule has 1 aliphatic carbocycles. The van der Waals surface area contributed by atoms with Crippen LogP contribution in [0.4, 0.5) is 0 Å². The van der Waals surface area contributed by atoms with Gasteiger partial charge in [0.2, 0.25) is 18.6 Å². The summed E-state index contributed by atoms with van der Waals surface area (Å²) < 4.78 is 10.7. The third-order valence-corrected chi connectivity index (χ3v) is 5.90. The number of ether oxygens (including phenoxy) is 2. The van der Waals surface area contributed by atoms with Crippen molar-refractivity contribution in [3.63, 3.8) is 0 Å². The molecule has 2 amide bonds. The molecular formula is C22H22N2O4. The van der Waals surface area contributed by atoms with Crippen molar-refractivity contribution >= 4 is 11.8 Å². The molecule has 28 heavy (non-hydrogen) atoms. The van der Waals surface area contributed by atoms with Gasteiger partial charge in [-0.1, -0.05) is 30.3 Å². The lowest BCUT2D eigenvalue weighted by molar-refractivity contribution is -0.145. The lowest BCUT2D eigenvalue weighted by Gasteiger charge is -2.31. The minimum atomic E-state index is -0.886. The van der Waals surface area contributed by atoms with Crippen molar-refractivity contribution in [1.82, 2.24) is 10.2 Å². The summed E-state index contributed by atoms with van der Waals surface area (Å²) in [6.45, 7) is 1.86. The summed E-state index contributed by atoms with van der Waals surface area (Å²) in [6, 6.07) is 13.8. The van der Waals surface area contributed by atoms with Crippen molar-refractivity contribution in [2.24, 2.45) is 5.41 Å². The summed E-state index contributed by atoms with van der Waals surface area (Å²) in [5.41, 5.74) is 2.51. The van der Waals surface area contributed by atoms with E-state index in [-0.39, 0.29) is 18.6 Å². The molecule has 6 heteroatoms. The molecule has 0 atom stereocenters. The highest BCUT2D eigenvalue weighted by atomic mass is 16.7. The molecule has 3 aliphatic rings. The molecule has 2 aliphatic heterocycles. The van der Waals surface area contributed by atoms with Gasteiger partial charge in [0.05, 0.1) is 0 Å². The van der Waals surface area contributed by atoms with Gasteiger partial charge in [-0.25, -0.2) is 0 Å². The van der Waals surface area contributed by atoms with Crippen molar-refractivity contribution in [3.8, 4) is 11.5 Å². The maximum atomic E-state index is 13.1. The molecule has 0 radical (unpaired) electrons. The first-order chi connectivity index (χ1) is 13.7. The topological polar surface area (TPSA) is 67.9 Å². The smallest absolute Gasteiger partial charge is 0.238 e. The highest BCUT2D eigenvalue weighted by molar-refractivity contribution is 6.07. The van der Waals surface area contributed by atoms with E-state index in [1.165, 1.54) is 11.1 Å². The fourth-order valence-electron chi connectivity index (χ4n) is 4.04. The van der Waals surface area contributed by atoms with E-state index in [2.05, 4.69) is 17.4 Å². The zero-order chi connectivity index (χ0) is 19.1. The van der Waals surface area contributed by atoms with Crippen LogP contribution in [0, 0.1) is 5.41 Å². The lowest BCUT2D eigenvalue weighted by atomic mass is 9.97. The van der Waals surface area contributed by atoms with Gasteiger partial charge in [0.1, 0.15) is 5.41 Å². The molecule has 0 bridgehead atoms. The van der Waals surface area contributed by atoms with E-state index in [9.17, 15) is 9.59 Å². The van der Waals surface area contributed by atoms with Crippen LogP contribution >= 0.6 is 0 Å². The Kier molecular flexibility index (Phi) is 4.00. The monoisotopic (exact) mass is 378 g/mol. The molecule has 1 fully saturated rings. The first-order valence-electron chi connectivity index (χ1n) is 9.69. The molecule has 2 heterocycles. The van der Waals surface area contributed by atoms with Gasteiger partial charge in [0.15, 0.2) is 11.5 Å². The number of rotatable bonds is 4. The molecule has 2 aromatic carbocycles. The largest absolute Gasteiger partial charge is 0.454 e. The molecule has 0 saturated heterocycles. The summed E-state index contributed by atoms with van der Waals surface area (Å²) in [4.78, 5) is 27.8. The molecular weight excluding hydrogens is 356 g/mol. The van der Waals surface area contributed by atoms with Crippen LogP contribution < -0.4 is 14.8 Å². The Labute approximate surface area is 163 Å². The Morgan fingerprint density at radius 2 is 1.82 bits per heavy atom. The number of benzene rings is 2. The molecule has 1 saturated carbocycles. The Hall–Kier alpha value is -3.02. The first-order valence-corrected chi connectivity index (χ1v) is 9.69. The van der Waals surface area contributed by atoms with Crippen LogP contribution in [0.5, 0.6) is 11.5 Å². The highest BCUT2D eigenvalue weighted by Gasteiger charge is 2.58. The van der Waals surface area contributed by atoms with Gasteiger partial charge in [-0.2, -0.15) is 0 Å². The van der Waals surface area contributed by atoms with Crippen LogP contribution in [0.25, 0.3) is 0 Å². The van der Waals surface area contributed by atoms with E-state index in [1.807, 2.05) is 35.2 Å². The minimum Gasteiger partial charge on any atom is -0.454 e. The van der Waals surface area contributed by atoms with Gasteiger partial charge in [0, 0.05) is 19.6 Å². The number of hydrogen-bond donors (Lipinski definition) is 1. The maximum Gasteiger partial charge on any atom is 0.238 e. The minimum absolute atomic E-state index is 0.0369. The summed E-state index contributed by atoms with van der Waals surface area (Å²) in [6.07, 6.45) is 2.09. The maximum absolute atomic E-state index is 13.1. The number of nitrogens with zero attached hydrogens (tertiary/aromatic N) is 1. The molecule has 144 valence electrons. The Bertz CT molecular complexity index is 951. The molecule has 5 rings (SSSR count). The van der Waals surface area contributed by atoms with E-state index >= 15 is 0 Å². The fraction of sp³-hybridized carbons (Fsp3) is 0.364. The van der Waals surface area contributed by atoms with Gasteiger partial charge < -0.3 is 19.7 Å². The van der Waals surface area contributed by atoms with Gasteiger partial charge in [0.25, 0.3) is 0 Å². The molecule has 0 spiro atoms. The van der Waals surface area contributed by atoms with Crippen LogP contribution in [-0.4, -0.2) is 30.1 Å². The second kappa shape index (κ2) is 6.55. The first kappa shape index (κ1) is 17.1. The second-order valence-corrected chi connectivity index (χ2v) is 7.70. The molecule has 6 nitrogen and oxygen atoms in total. The predicted molar refractivity (Wildman–Crippen MR) is 102 cm³/mol. The molecule has 1 N–H and O–H groups in total. The van der Waals surface area contributed by atoms with Crippen LogP contribution in [0.2, 0.25) is 0 Å². The van der Waals surface area contributed by atoms with Gasteiger partial charge in [-0.05, 0) is 48.1 Å². The number of nitrogens with one attached hydrogen (secondary N) is 1.